The van der Waals surface area contributed by atoms with Crippen molar-refractivity contribution in [2.45, 2.75) is 12.8 Å². The number of nitrogens with zero attached hydrogens (tertiary/aromatic N) is 4. The molecule has 1 aromatic heterocycles. The van der Waals surface area contributed by atoms with E-state index in [0.717, 1.165) is 18.8 Å². The Balaban J connectivity index is 1.74. The minimum absolute atomic E-state index is 0.0705. The summed E-state index contributed by atoms with van der Waals surface area (Å²) >= 11 is 11.5. The lowest BCUT2D eigenvalue weighted by Gasteiger charge is -2.17. The molecule has 5 nitrogen and oxygen atoms in total. The molecular weight excluding hydrogens is 297 g/mol. The van der Waals surface area contributed by atoms with E-state index in [-0.39, 0.29) is 10.6 Å². The van der Waals surface area contributed by atoms with E-state index in [2.05, 4.69) is 37.3 Å². The molecule has 3 rings (SSSR count). The molecule has 0 bridgehead atoms. The third-order valence-corrected chi connectivity index (χ3v) is 3.51. The molecule has 0 unspecified atom stereocenters. The van der Waals surface area contributed by atoms with Crippen molar-refractivity contribution in [1.29, 1.82) is 0 Å². The molecular formula is C13H13Cl2N5. The average Bonchev–Trinajstić information content (AvgIpc) is 2.92. The van der Waals surface area contributed by atoms with Gasteiger partial charge in [0.05, 0.1) is 0 Å². The maximum atomic E-state index is 5.73. The van der Waals surface area contributed by atoms with Gasteiger partial charge < -0.3 is 10.2 Å². The van der Waals surface area contributed by atoms with Crippen LogP contribution in [0.4, 0.5) is 17.3 Å². The Bertz CT molecular complexity index is 576. The molecule has 0 aliphatic carbocycles. The minimum Gasteiger partial charge on any atom is -0.372 e. The van der Waals surface area contributed by atoms with Gasteiger partial charge in [-0.05, 0) is 60.3 Å². The summed E-state index contributed by atoms with van der Waals surface area (Å²) in [6, 6.07) is 8.13. The molecule has 2 heterocycles. The van der Waals surface area contributed by atoms with E-state index in [1.807, 2.05) is 12.1 Å². The summed E-state index contributed by atoms with van der Waals surface area (Å²) in [4.78, 5) is 14.0. The van der Waals surface area contributed by atoms with Gasteiger partial charge in [0.2, 0.25) is 16.5 Å². The van der Waals surface area contributed by atoms with E-state index in [9.17, 15) is 0 Å². The first-order valence-electron chi connectivity index (χ1n) is 6.40. The molecule has 7 heteroatoms. The van der Waals surface area contributed by atoms with Gasteiger partial charge in [0.25, 0.3) is 0 Å². The SMILES string of the molecule is Clc1nc(Cl)nc(Nc2ccc(N3CCCC3)cc2)n1. The highest BCUT2D eigenvalue weighted by molar-refractivity contribution is 6.31. The number of rotatable bonds is 3. The van der Waals surface area contributed by atoms with E-state index >= 15 is 0 Å². The molecule has 0 amide bonds. The Morgan fingerprint density at radius 2 is 1.50 bits per heavy atom. The second-order valence-electron chi connectivity index (χ2n) is 4.56. The standard InChI is InChI=1S/C13H13Cl2N5/c14-11-17-12(15)19-13(18-11)16-9-3-5-10(6-4-9)20-7-1-2-8-20/h3-6H,1-2,7-8H2,(H,16,17,18,19). The van der Waals surface area contributed by atoms with Gasteiger partial charge in [-0.15, -0.1) is 0 Å². The number of benzene rings is 1. The molecule has 1 N–H and O–H groups in total. The molecule has 104 valence electrons. The van der Waals surface area contributed by atoms with Gasteiger partial charge >= 0.3 is 0 Å². The quantitative estimate of drug-likeness (QED) is 0.940. The van der Waals surface area contributed by atoms with Crippen molar-refractivity contribution in [3.63, 3.8) is 0 Å². The summed E-state index contributed by atoms with van der Waals surface area (Å²) in [5.41, 5.74) is 2.12. The fourth-order valence-electron chi connectivity index (χ4n) is 2.24. The summed E-state index contributed by atoms with van der Waals surface area (Å²) in [7, 11) is 0. The van der Waals surface area contributed by atoms with Crippen LogP contribution in [0, 0.1) is 0 Å². The van der Waals surface area contributed by atoms with Crippen molar-refractivity contribution < 1.29 is 0 Å². The first-order valence-corrected chi connectivity index (χ1v) is 7.15. The van der Waals surface area contributed by atoms with Gasteiger partial charge in [-0.1, -0.05) is 0 Å². The first-order chi connectivity index (χ1) is 9.70. The average molecular weight is 310 g/mol. The van der Waals surface area contributed by atoms with E-state index in [0.29, 0.717) is 5.95 Å². The van der Waals surface area contributed by atoms with Gasteiger partial charge in [-0.2, -0.15) is 15.0 Å². The fourth-order valence-corrected chi connectivity index (χ4v) is 2.61. The van der Waals surface area contributed by atoms with E-state index in [1.165, 1.54) is 18.5 Å². The topological polar surface area (TPSA) is 53.9 Å². The zero-order valence-corrected chi connectivity index (χ0v) is 12.2. The number of nitrogens with one attached hydrogen (secondary N) is 1. The van der Waals surface area contributed by atoms with E-state index in [1.54, 1.807) is 0 Å². The lowest BCUT2D eigenvalue weighted by molar-refractivity contribution is 0.949. The van der Waals surface area contributed by atoms with Crippen LogP contribution in [0.2, 0.25) is 10.6 Å². The predicted octanol–water partition coefficient (Wildman–Crippen LogP) is 3.52. The van der Waals surface area contributed by atoms with Crippen LogP contribution in [0.3, 0.4) is 0 Å². The summed E-state index contributed by atoms with van der Waals surface area (Å²) in [6.45, 7) is 2.26. The van der Waals surface area contributed by atoms with Crippen LogP contribution in [0.1, 0.15) is 12.8 Å². The molecule has 0 spiro atoms. The number of hydrogen-bond donors (Lipinski definition) is 1. The predicted molar refractivity (Wildman–Crippen MR) is 81.0 cm³/mol. The molecule has 1 aliphatic heterocycles. The van der Waals surface area contributed by atoms with Crippen LogP contribution >= 0.6 is 23.2 Å². The molecule has 2 aromatic rings. The Morgan fingerprint density at radius 3 is 2.10 bits per heavy atom. The third kappa shape index (κ3) is 3.11. The highest BCUT2D eigenvalue weighted by Gasteiger charge is 2.12. The molecule has 0 saturated carbocycles. The Kier molecular flexibility index (Phi) is 3.89. The number of hydrogen-bond acceptors (Lipinski definition) is 5. The van der Waals surface area contributed by atoms with Crippen molar-refractivity contribution in [2.24, 2.45) is 0 Å². The number of aromatic nitrogens is 3. The van der Waals surface area contributed by atoms with Crippen LogP contribution in [0.5, 0.6) is 0 Å². The lowest BCUT2D eigenvalue weighted by atomic mass is 10.2. The second-order valence-corrected chi connectivity index (χ2v) is 5.24. The molecule has 20 heavy (non-hydrogen) atoms. The Labute approximate surface area is 127 Å². The van der Waals surface area contributed by atoms with Gasteiger partial charge in [0.15, 0.2) is 0 Å². The molecule has 1 saturated heterocycles. The molecule has 0 radical (unpaired) electrons. The third-order valence-electron chi connectivity index (χ3n) is 3.18. The van der Waals surface area contributed by atoms with Gasteiger partial charge in [0.1, 0.15) is 0 Å². The van der Waals surface area contributed by atoms with Crippen molar-refractivity contribution in [3.05, 3.63) is 34.8 Å². The summed E-state index contributed by atoms with van der Waals surface area (Å²) < 4.78 is 0. The zero-order chi connectivity index (χ0) is 13.9. The Morgan fingerprint density at radius 1 is 0.900 bits per heavy atom. The second kappa shape index (κ2) is 5.81. The van der Waals surface area contributed by atoms with Crippen molar-refractivity contribution in [2.75, 3.05) is 23.3 Å². The highest BCUT2D eigenvalue weighted by Crippen LogP contribution is 2.23. The van der Waals surface area contributed by atoms with Crippen molar-refractivity contribution in [1.82, 2.24) is 15.0 Å². The largest absolute Gasteiger partial charge is 0.372 e. The first kappa shape index (κ1) is 13.4. The normalized spacial score (nSPS) is 14.6. The Hall–Kier alpha value is -1.59. The van der Waals surface area contributed by atoms with Gasteiger partial charge in [-0.3, -0.25) is 0 Å². The van der Waals surface area contributed by atoms with Crippen LogP contribution < -0.4 is 10.2 Å². The van der Waals surface area contributed by atoms with Crippen LogP contribution in [0.15, 0.2) is 24.3 Å². The number of anilines is 3. The summed E-state index contributed by atoms with van der Waals surface area (Å²) in [5, 5.41) is 3.19. The maximum absolute atomic E-state index is 5.73. The van der Waals surface area contributed by atoms with Crippen LogP contribution in [-0.2, 0) is 0 Å². The zero-order valence-electron chi connectivity index (χ0n) is 10.7. The lowest BCUT2D eigenvalue weighted by Crippen LogP contribution is -2.17. The number of halogens is 2. The fraction of sp³-hybridized carbons (Fsp3) is 0.308. The van der Waals surface area contributed by atoms with Crippen molar-refractivity contribution in [3.8, 4) is 0 Å². The maximum Gasteiger partial charge on any atom is 0.232 e. The minimum atomic E-state index is 0.0705. The van der Waals surface area contributed by atoms with Crippen molar-refractivity contribution >= 4 is 40.5 Å². The van der Waals surface area contributed by atoms with Gasteiger partial charge in [0, 0.05) is 24.5 Å². The van der Waals surface area contributed by atoms with Crippen LogP contribution in [0.25, 0.3) is 0 Å². The molecule has 1 aromatic carbocycles. The van der Waals surface area contributed by atoms with Gasteiger partial charge in [-0.25, -0.2) is 0 Å². The van der Waals surface area contributed by atoms with Crippen LogP contribution in [-0.4, -0.2) is 28.0 Å². The molecule has 0 atom stereocenters. The summed E-state index contributed by atoms with van der Waals surface area (Å²) in [6.07, 6.45) is 2.53. The summed E-state index contributed by atoms with van der Waals surface area (Å²) in [5.74, 6) is 0.337. The monoisotopic (exact) mass is 309 g/mol. The molecule has 1 aliphatic rings. The highest BCUT2D eigenvalue weighted by atomic mass is 35.5. The van der Waals surface area contributed by atoms with E-state index < -0.39 is 0 Å². The van der Waals surface area contributed by atoms with E-state index in [4.69, 9.17) is 23.2 Å². The smallest absolute Gasteiger partial charge is 0.232 e. The molecule has 1 fully saturated rings.